The van der Waals surface area contributed by atoms with E-state index in [1.54, 1.807) is 6.07 Å². The third kappa shape index (κ3) is 3.89. The van der Waals surface area contributed by atoms with Gasteiger partial charge < -0.3 is 4.52 Å². The molecule has 1 rings (SSSR count). The van der Waals surface area contributed by atoms with Gasteiger partial charge in [0.25, 0.3) is 10.1 Å². The lowest BCUT2D eigenvalue weighted by atomic mass is 10.3. The van der Waals surface area contributed by atoms with Crippen molar-refractivity contribution in [3.05, 3.63) is 17.5 Å². The molecule has 0 bridgehead atoms. The molecule has 0 unspecified atom stereocenters. The predicted octanol–water partition coefficient (Wildman–Crippen LogP) is 0.756. The van der Waals surface area contributed by atoms with E-state index < -0.39 is 10.1 Å². The highest BCUT2D eigenvalue weighted by molar-refractivity contribution is 7.85. The normalized spacial score (nSPS) is 11.9. The SMILES string of the molecule is CCc1cc(CCOS(C)(=O)=O)on1. The smallest absolute Gasteiger partial charge is 0.264 e. The molecule has 5 nitrogen and oxygen atoms in total. The maximum absolute atomic E-state index is 10.6. The van der Waals surface area contributed by atoms with Gasteiger partial charge >= 0.3 is 0 Å². The molecule has 14 heavy (non-hydrogen) atoms. The Morgan fingerprint density at radius 2 is 2.29 bits per heavy atom. The van der Waals surface area contributed by atoms with Crippen LogP contribution in [0.15, 0.2) is 10.6 Å². The molecular weight excluding hydrogens is 206 g/mol. The zero-order valence-electron chi connectivity index (χ0n) is 8.19. The van der Waals surface area contributed by atoms with E-state index in [0.717, 1.165) is 18.4 Å². The molecule has 0 N–H and O–H groups in total. The zero-order valence-corrected chi connectivity index (χ0v) is 9.00. The molecule has 0 aliphatic heterocycles. The van der Waals surface area contributed by atoms with Crippen LogP contribution in [0.2, 0.25) is 0 Å². The number of hydrogen-bond donors (Lipinski definition) is 0. The molecule has 0 saturated carbocycles. The van der Waals surface area contributed by atoms with E-state index in [9.17, 15) is 8.42 Å². The average Bonchev–Trinajstić information content (AvgIpc) is 2.50. The van der Waals surface area contributed by atoms with E-state index in [4.69, 9.17) is 4.52 Å². The highest BCUT2D eigenvalue weighted by Crippen LogP contribution is 2.05. The predicted molar refractivity (Wildman–Crippen MR) is 50.4 cm³/mol. The van der Waals surface area contributed by atoms with Crippen LogP contribution in [0.5, 0.6) is 0 Å². The molecule has 0 saturated heterocycles. The quantitative estimate of drug-likeness (QED) is 0.684. The Labute approximate surface area is 83.2 Å². The number of aromatic nitrogens is 1. The van der Waals surface area contributed by atoms with Gasteiger partial charge in [0.2, 0.25) is 0 Å². The summed E-state index contributed by atoms with van der Waals surface area (Å²) in [5, 5.41) is 3.77. The van der Waals surface area contributed by atoms with E-state index in [0.29, 0.717) is 12.2 Å². The lowest BCUT2D eigenvalue weighted by molar-refractivity contribution is 0.300. The third-order valence-corrected chi connectivity index (χ3v) is 2.21. The minimum Gasteiger partial charge on any atom is -0.361 e. The Hall–Kier alpha value is -0.880. The van der Waals surface area contributed by atoms with Crippen molar-refractivity contribution in [1.29, 1.82) is 0 Å². The molecule has 0 radical (unpaired) electrons. The van der Waals surface area contributed by atoms with E-state index in [-0.39, 0.29) is 6.61 Å². The van der Waals surface area contributed by atoms with Gasteiger partial charge in [-0.15, -0.1) is 0 Å². The fourth-order valence-corrected chi connectivity index (χ4v) is 1.32. The second-order valence-electron chi connectivity index (χ2n) is 2.91. The minimum absolute atomic E-state index is 0.0944. The topological polar surface area (TPSA) is 69.4 Å². The number of nitrogens with zero attached hydrogens (tertiary/aromatic N) is 1. The standard InChI is InChI=1S/C8H13NO4S/c1-3-7-6-8(13-9-7)4-5-12-14(2,10)11/h6H,3-5H2,1-2H3. The summed E-state index contributed by atoms with van der Waals surface area (Å²) in [6.07, 6.45) is 2.24. The summed E-state index contributed by atoms with van der Waals surface area (Å²) in [4.78, 5) is 0. The second-order valence-corrected chi connectivity index (χ2v) is 4.56. The molecule has 0 aliphatic carbocycles. The van der Waals surface area contributed by atoms with Gasteiger partial charge in [-0.2, -0.15) is 8.42 Å². The summed E-state index contributed by atoms with van der Waals surface area (Å²) in [6.45, 7) is 2.06. The van der Waals surface area contributed by atoms with Gasteiger partial charge in [0.1, 0.15) is 5.76 Å². The largest absolute Gasteiger partial charge is 0.361 e. The van der Waals surface area contributed by atoms with Gasteiger partial charge in [-0.25, -0.2) is 0 Å². The Morgan fingerprint density at radius 1 is 1.57 bits per heavy atom. The monoisotopic (exact) mass is 219 g/mol. The van der Waals surface area contributed by atoms with Crippen molar-refractivity contribution in [2.45, 2.75) is 19.8 Å². The summed E-state index contributed by atoms with van der Waals surface area (Å²) >= 11 is 0. The second kappa shape index (κ2) is 4.56. The van der Waals surface area contributed by atoms with E-state index in [2.05, 4.69) is 9.34 Å². The molecule has 80 valence electrons. The van der Waals surface area contributed by atoms with E-state index >= 15 is 0 Å². The fraction of sp³-hybridized carbons (Fsp3) is 0.625. The van der Waals surface area contributed by atoms with Crippen LogP contribution in [-0.4, -0.2) is 26.4 Å². The molecule has 1 aromatic heterocycles. The number of rotatable bonds is 5. The van der Waals surface area contributed by atoms with Crippen molar-refractivity contribution >= 4 is 10.1 Å². The van der Waals surface area contributed by atoms with Gasteiger partial charge in [-0.1, -0.05) is 12.1 Å². The first-order chi connectivity index (χ1) is 6.51. The Balaban J connectivity index is 2.39. The fourth-order valence-electron chi connectivity index (χ4n) is 0.934. The van der Waals surface area contributed by atoms with Crippen molar-refractivity contribution < 1.29 is 17.1 Å². The van der Waals surface area contributed by atoms with Crippen molar-refractivity contribution in [3.63, 3.8) is 0 Å². The maximum Gasteiger partial charge on any atom is 0.264 e. The molecule has 0 amide bonds. The molecule has 0 aromatic carbocycles. The van der Waals surface area contributed by atoms with Crippen LogP contribution in [0.4, 0.5) is 0 Å². The van der Waals surface area contributed by atoms with Crippen LogP contribution in [0.3, 0.4) is 0 Å². The highest BCUT2D eigenvalue weighted by atomic mass is 32.2. The lowest BCUT2D eigenvalue weighted by Gasteiger charge is -1.96. The molecule has 1 heterocycles. The van der Waals surface area contributed by atoms with Gasteiger partial charge in [-0.3, -0.25) is 4.18 Å². The first-order valence-corrected chi connectivity index (χ1v) is 6.12. The third-order valence-electron chi connectivity index (χ3n) is 1.62. The average molecular weight is 219 g/mol. The Bertz CT molecular complexity index is 382. The van der Waals surface area contributed by atoms with Crippen molar-refractivity contribution in [2.24, 2.45) is 0 Å². The van der Waals surface area contributed by atoms with Crippen LogP contribution in [0.25, 0.3) is 0 Å². The molecule has 0 aliphatic rings. The summed E-state index contributed by atoms with van der Waals surface area (Å²) < 4.78 is 30.7. The summed E-state index contributed by atoms with van der Waals surface area (Å²) in [5.41, 5.74) is 0.861. The molecule has 0 fully saturated rings. The molecule has 1 aromatic rings. The van der Waals surface area contributed by atoms with Crippen molar-refractivity contribution in [3.8, 4) is 0 Å². The Kier molecular flexibility index (Phi) is 3.65. The molecular formula is C8H13NO4S. The van der Waals surface area contributed by atoms with Crippen molar-refractivity contribution in [2.75, 3.05) is 12.9 Å². The molecule has 0 spiro atoms. The summed E-state index contributed by atoms with van der Waals surface area (Å²) in [7, 11) is -3.36. The zero-order chi connectivity index (χ0) is 10.6. The maximum atomic E-state index is 10.6. The van der Waals surface area contributed by atoms with Crippen LogP contribution < -0.4 is 0 Å². The van der Waals surface area contributed by atoms with Gasteiger partial charge in [0.05, 0.1) is 18.6 Å². The molecule has 6 heteroatoms. The van der Waals surface area contributed by atoms with Gasteiger partial charge in [-0.05, 0) is 6.42 Å². The first-order valence-electron chi connectivity index (χ1n) is 4.30. The number of hydrogen-bond acceptors (Lipinski definition) is 5. The first kappa shape index (κ1) is 11.2. The van der Waals surface area contributed by atoms with Gasteiger partial charge in [0.15, 0.2) is 0 Å². The highest BCUT2D eigenvalue weighted by Gasteiger charge is 2.05. The van der Waals surface area contributed by atoms with Crippen LogP contribution in [-0.2, 0) is 27.1 Å². The number of aryl methyl sites for hydroxylation is 1. The van der Waals surface area contributed by atoms with E-state index in [1.165, 1.54) is 0 Å². The van der Waals surface area contributed by atoms with Crippen LogP contribution in [0, 0.1) is 0 Å². The van der Waals surface area contributed by atoms with Crippen molar-refractivity contribution in [1.82, 2.24) is 5.16 Å². The Morgan fingerprint density at radius 3 is 2.79 bits per heavy atom. The van der Waals surface area contributed by atoms with Crippen LogP contribution >= 0.6 is 0 Å². The van der Waals surface area contributed by atoms with Gasteiger partial charge in [0, 0.05) is 12.5 Å². The molecule has 0 atom stereocenters. The van der Waals surface area contributed by atoms with E-state index in [1.807, 2.05) is 6.92 Å². The lowest BCUT2D eigenvalue weighted by Crippen LogP contribution is -2.05. The summed E-state index contributed by atoms with van der Waals surface area (Å²) in [6, 6.07) is 1.80. The van der Waals surface area contributed by atoms with Crippen LogP contribution in [0.1, 0.15) is 18.4 Å². The summed E-state index contributed by atoms with van der Waals surface area (Å²) in [5.74, 6) is 0.644. The minimum atomic E-state index is -3.36.